The molecule has 0 aliphatic rings. The Balaban J connectivity index is 2.42. The number of halogens is 2. The summed E-state index contributed by atoms with van der Waals surface area (Å²) in [6.07, 6.45) is 0. The van der Waals surface area contributed by atoms with Crippen LogP contribution < -0.4 is 0 Å². The van der Waals surface area contributed by atoms with E-state index in [-0.39, 0.29) is 0 Å². The zero-order valence-electron chi connectivity index (χ0n) is 7.38. The van der Waals surface area contributed by atoms with Crippen LogP contribution in [0, 0.1) is 6.92 Å². The second kappa shape index (κ2) is 3.90. The Kier molecular flexibility index (Phi) is 2.78. The van der Waals surface area contributed by atoms with E-state index in [1.807, 2.05) is 19.1 Å². The molecule has 0 atom stereocenters. The van der Waals surface area contributed by atoms with Gasteiger partial charge in [0.15, 0.2) is 10.4 Å². The summed E-state index contributed by atoms with van der Waals surface area (Å²) in [4.78, 5) is 4.28. The van der Waals surface area contributed by atoms with E-state index in [0.29, 0.717) is 21.7 Å². The third-order valence-electron chi connectivity index (χ3n) is 1.80. The van der Waals surface area contributed by atoms with Gasteiger partial charge in [-0.3, -0.25) is 0 Å². The summed E-state index contributed by atoms with van der Waals surface area (Å²) in [5, 5.41) is 0.685. The van der Waals surface area contributed by atoms with Crippen LogP contribution in [-0.4, -0.2) is 4.98 Å². The summed E-state index contributed by atoms with van der Waals surface area (Å²) >= 11 is 6.56. The summed E-state index contributed by atoms with van der Waals surface area (Å²) in [7, 11) is 0. The van der Waals surface area contributed by atoms with E-state index in [9.17, 15) is 0 Å². The van der Waals surface area contributed by atoms with Gasteiger partial charge in [0, 0.05) is 5.33 Å². The minimum absolute atomic E-state index is 0.516. The Hall–Kier alpha value is -0.550. The number of rotatable bonds is 2. The van der Waals surface area contributed by atoms with Crippen LogP contribution in [0.4, 0.5) is 0 Å². The first-order chi connectivity index (χ1) is 6.70. The van der Waals surface area contributed by atoms with Crippen LogP contribution in [-0.2, 0) is 5.33 Å². The zero-order chi connectivity index (χ0) is 10.1. The highest BCUT2D eigenvalue weighted by Crippen LogP contribution is 2.26. The fourth-order valence-corrected chi connectivity index (χ4v) is 1.91. The SMILES string of the molecule is Cc1oc(-c2ccc(Br)o2)nc1CBr. The van der Waals surface area contributed by atoms with Crippen LogP contribution >= 0.6 is 31.9 Å². The van der Waals surface area contributed by atoms with Gasteiger partial charge in [0.1, 0.15) is 5.76 Å². The minimum Gasteiger partial charge on any atom is -0.444 e. The van der Waals surface area contributed by atoms with Gasteiger partial charge in [-0.1, -0.05) is 15.9 Å². The van der Waals surface area contributed by atoms with Gasteiger partial charge >= 0.3 is 0 Å². The molecule has 2 aromatic rings. The van der Waals surface area contributed by atoms with Crippen molar-refractivity contribution in [1.29, 1.82) is 0 Å². The number of aromatic nitrogens is 1. The van der Waals surface area contributed by atoms with E-state index < -0.39 is 0 Å². The van der Waals surface area contributed by atoms with E-state index in [2.05, 4.69) is 36.8 Å². The van der Waals surface area contributed by atoms with Gasteiger partial charge in [-0.15, -0.1) is 0 Å². The van der Waals surface area contributed by atoms with Crippen molar-refractivity contribution in [2.24, 2.45) is 0 Å². The Morgan fingerprint density at radius 3 is 2.64 bits per heavy atom. The lowest BCUT2D eigenvalue weighted by molar-refractivity contribution is 0.491. The molecule has 14 heavy (non-hydrogen) atoms. The van der Waals surface area contributed by atoms with Crippen LogP contribution in [0.15, 0.2) is 25.6 Å². The van der Waals surface area contributed by atoms with Gasteiger partial charge in [0.2, 0.25) is 0 Å². The molecular formula is C9H7Br2NO2. The molecule has 2 heterocycles. The van der Waals surface area contributed by atoms with Crippen molar-refractivity contribution in [3.8, 4) is 11.7 Å². The topological polar surface area (TPSA) is 39.2 Å². The molecule has 0 amide bonds. The van der Waals surface area contributed by atoms with Crippen molar-refractivity contribution in [3.05, 3.63) is 28.3 Å². The van der Waals surface area contributed by atoms with E-state index in [4.69, 9.17) is 8.83 Å². The summed E-state index contributed by atoms with van der Waals surface area (Å²) in [6, 6.07) is 3.62. The van der Waals surface area contributed by atoms with Gasteiger partial charge < -0.3 is 8.83 Å². The lowest BCUT2D eigenvalue weighted by Gasteiger charge is -1.85. The molecule has 0 saturated carbocycles. The Bertz CT molecular complexity index is 447. The van der Waals surface area contributed by atoms with Crippen molar-refractivity contribution < 1.29 is 8.83 Å². The average molecular weight is 321 g/mol. The van der Waals surface area contributed by atoms with Gasteiger partial charge in [-0.25, -0.2) is 4.98 Å². The molecular weight excluding hydrogens is 314 g/mol. The molecule has 0 unspecified atom stereocenters. The first-order valence-corrected chi connectivity index (χ1v) is 5.90. The normalized spacial score (nSPS) is 10.8. The lowest BCUT2D eigenvalue weighted by atomic mass is 10.4. The summed E-state index contributed by atoms with van der Waals surface area (Å²) in [5.74, 6) is 1.96. The monoisotopic (exact) mass is 319 g/mol. The Morgan fingerprint density at radius 2 is 2.14 bits per heavy atom. The molecule has 0 saturated heterocycles. The summed E-state index contributed by atoms with van der Waals surface area (Å²) < 4.78 is 11.4. The Morgan fingerprint density at radius 1 is 1.36 bits per heavy atom. The standard InChI is InChI=1S/C9H7Br2NO2/c1-5-6(4-10)12-9(13-5)7-2-3-8(11)14-7/h2-3H,4H2,1H3. The minimum atomic E-state index is 0.516. The molecule has 0 N–H and O–H groups in total. The highest BCUT2D eigenvalue weighted by atomic mass is 79.9. The third kappa shape index (κ3) is 1.79. The predicted molar refractivity (Wildman–Crippen MR) is 59.3 cm³/mol. The number of aryl methyl sites for hydroxylation is 1. The van der Waals surface area contributed by atoms with Crippen molar-refractivity contribution in [3.63, 3.8) is 0 Å². The average Bonchev–Trinajstić information content (AvgIpc) is 2.71. The van der Waals surface area contributed by atoms with Crippen molar-refractivity contribution in [1.82, 2.24) is 4.98 Å². The third-order valence-corrected chi connectivity index (χ3v) is 2.76. The maximum absolute atomic E-state index is 5.45. The fourth-order valence-electron chi connectivity index (χ4n) is 1.09. The zero-order valence-corrected chi connectivity index (χ0v) is 10.6. The second-order valence-corrected chi connectivity index (χ2v) is 4.10. The number of furan rings is 1. The van der Waals surface area contributed by atoms with E-state index in [1.165, 1.54) is 0 Å². The molecule has 0 aliphatic heterocycles. The van der Waals surface area contributed by atoms with E-state index in [0.717, 1.165) is 11.5 Å². The molecule has 0 spiro atoms. The van der Waals surface area contributed by atoms with Gasteiger partial charge in [-0.05, 0) is 35.0 Å². The number of oxazole rings is 1. The quantitative estimate of drug-likeness (QED) is 0.788. The van der Waals surface area contributed by atoms with Crippen molar-refractivity contribution in [2.75, 3.05) is 0 Å². The van der Waals surface area contributed by atoms with Crippen LogP contribution in [0.3, 0.4) is 0 Å². The molecule has 2 aromatic heterocycles. The lowest BCUT2D eigenvalue weighted by Crippen LogP contribution is -1.79. The fraction of sp³-hybridized carbons (Fsp3) is 0.222. The van der Waals surface area contributed by atoms with Crippen LogP contribution in [0.1, 0.15) is 11.5 Å². The molecule has 2 rings (SSSR count). The maximum atomic E-state index is 5.45. The van der Waals surface area contributed by atoms with Crippen LogP contribution in [0.5, 0.6) is 0 Å². The van der Waals surface area contributed by atoms with Crippen molar-refractivity contribution in [2.45, 2.75) is 12.3 Å². The van der Waals surface area contributed by atoms with E-state index in [1.54, 1.807) is 0 Å². The number of nitrogens with zero attached hydrogens (tertiary/aromatic N) is 1. The van der Waals surface area contributed by atoms with Crippen LogP contribution in [0.25, 0.3) is 11.7 Å². The number of alkyl halides is 1. The molecule has 3 nitrogen and oxygen atoms in total. The highest BCUT2D eigenvalue weighted by molar-refractivity contribution is 9.10. The molecule has 0 radical (unpaired) electrons. The molecule has 0 aromatic carbocycles. The first kappa shape index (κ1) is 9.98. The molecule has 5 heteroatoms. The Labute approximate surface area is 97.8 Å². The number of hydrogen-bond donors (Lipinski definition) is 0. The van der Waals surface area contributed by atoms with E-state index >= 15 is 0 Å². The maximum Gasteiger partial charge on any atom is 0.263 e. The summed E-state index contributed by atoms with van der Waals surface area (Å²) in [5.41, 5.74) is 0.896. The highest BCUT2D eigenvalue weighted by Gasteiger charge is 2.13. The number of hydrogen-bond acceptors (Lipinski definition) is 3. The molecule has 0 aliphatic carbocycles. The smallest absolute Gasteiger partial charge is 0.263 e. The molecule has 0 bridgehead atoms. The van der Waals surface area contributed by atoms with Crippen LogP contribution in [0.2, 0.25) is 0 Å². The first-order valence-electron chi connectivity index (χ1n) is 3.98. The summed E-state index contributed by atoms with van der Waals surface area (Å²) in [6.45, 7) is 1.88. The molecule has 0 fully saturated rings. The van der Waals surface area contributed by atoms with Gasteiger partial charge in [0.05, 0.1) is 5.69 Å². The second-order valence-electron chi connectivity index (χ2n) is 2.76. The largest absolute Gasteiger partial charge is 0.444 e. The van der Waals surface area contributed by atoms with Gasteiger partial charge in [-0.2, -0.15) is 0 Å². The predicted octanol–water partition coefficient (Wildman–Crippen LogP) is 3.90. The molecule has 74 valence electrons. The van der Waals surface area contributed by atoms with Gasteiger partial charge in [0.25, 0.3) is 5.89 Å². The van der Waals surface area contributed by atoms with Crippen molar-refractivity contribution >= 4 is 31.9 Å².